The van der Waals surface area contributed by atoms with Gasteiger partial charge in [0, 0.05) is 31.2 Å². The fraction of sp³-hybridized carbons (Fsp3) is 0.625. The van der Waals surface area contributed by atoms with Gasteiger partial charge in [-0.2, -0.15) is 0 Å². The molecule has 4 nitrogen and oxygen atoms in total. The molecule has 1 atom stereocenters. The number of hydrogen-bond donors (Lipinski definition) is 1. The van der Waals surface area contributed by atoms with Gasteiger partial charge in [-0.05, 0) is 25.0 Å². The van der Waals surface area contributed by atoms with Crippen molar-refractivity contribution in [2.24, 2.45) is 0 Å². The highest BCUT2D eigenvalue weighted by atomic mass is 16.5. The fourth-order valence-electron chi connectivity index (χ4n) is 2.85. The van der Waals surface area contributed by atoms with Gasteiger partial charge < -0.3 is 19.7 Å². The van der Waals surface area contributed by atoms with Crippen LogP contribution >= 0.6 is 0 Å². The summed E-state index contributed by atoms with van der Waals surface area (Å²) in [6, 6.07) is 7.05. The highest BCUT2D eigenvalue weighted by molar-refractivity contribution is 5.62. The van der Waals surface area contributed by atoms with Gasteiger partial charge in [-0.3, -0.25) is 0 Å². The van der Waals surface area contributed by atoms with Gasteiger partial charge in [-0.15, -0.1) is 0 Å². The van der Waals surface area contributed by atoms with E-state index in [9.17, 15) is 0 Å². The number of ether oxygens (including phenoxy) is 2. The number of rotatable bonds is 5. The predicted molar refractivity (Wildman–Crippen MR) is 83.1 cm³/mol. The molecule has 0 amide bonds. The molecule has 2 rings (SSSR count). The van der Waals surface area contributed by atoms with E-state index in [0.717, 1.165) is 30.3 Å². The molecular formula is C16H26N2O2. The Morgan fingerprint density at radius 3 is 2.70 bits per heavy atom. The van der Waals surface area contributed by atoms with E-state index in [2.05, 4.69) is 30.1 Å². The fourth-order valence-corrected chi connectivity index (χ4v) is 2.85. The topological polar surface area (TPSA) is 33.7 Å². The Morgan fingerprint density at radius 2 is 2.05 bits per heavy atom. The van der Waals surface area contributed by atoms with Crippen molar-refractivity contribution in [1.82, 2.24) is 5.32 Å². The van der Waals surface area contributed by atoms with Crippen LogP contribution in [0.15, 0.2) is 18.2 Å². The van der Waals surface area contributed by atoms with Gasteiger partial charge >= 0.3 is 0 Å². The molecule has 0 bridgehead atoms. The summed E-state index contributed by atoms with van der Waals surface area (Å²) >= 11 is 0. The normalized spacial score (nSPS) is 19.2. The minimum Gasteiger partial charge on any atom is -0.497 e. The Labute approximate surface area is 122 Å². The minimum atomic E-state index is 0.521. The second-order valence-electron chi connectivity index (χ2n) is 5.64. The maximum absolute atomic E-state index is 5.50. The smallest absolute Gasteiger partial charge is 0.142 e. The average Bonchev–Trinajstić information content (AvgIpc) is 2.46. The van der Waals surface area contributed by atoms with E-state index in [4.69, 9.17) is 9.47 Å². The summed E-state index contributed by atoms with van der Waals surface area (Å²) in [7, 11) is 3.42. The van der Waals surface area contributed by atoms with Crippen LogP contribution in [0.25, 0.3) is 0 Å². The maximum Gasteiger partial charge on any atom is 0.142 e. The van der Waals surface area contributed by atoms with Crippen molar-refractivity contribution in [1.29, 1.82) is 0 Å². The third-order valence-electron chi connectivity index (χ3n) is 3.72. The number of piperidine rings is 1. The molecule has 1 aromatic carbocycles. The van der Waals surface area contributed by atoms with Gasteiger partial charge in [0.2, 0.25) is 0 Å². The van der Waals surface area contributed by atoms with E-state index in [1.54, 1.807) is 14.2 Å². The number of nitrogens with zero attached hydrogens (tertiary/aromatic N) is 1. The number of hydrogen-bond acceptors (Lipinski definition) is 4. The lowest BCUT2D eigenvalue weighted by Gasteiger charge is -2.36. The van der Waals surface area contributed by atoms with E-state index >= 15 is 0 Å². The van der Waals surface area contributed by atoms with E-state index in [1.165, 1.54) is 12.8 Å². The summed E-state index contributed by atoms with van der Waals surface area (Å²) in [4.78, 5) is 2.39. The van der Waals surface area contributed by atoms with E-state index in [0.29, 0.717) is 12.1 Å². The zero-order valence-electron chi connectivity index (χ0n) is 13.0. The Bertz CT molecular complexity index is 434. The van der Waals surface area contributed by atoms with Crippen molar-refractivity contribution in [2.75, 3.05) is 32.2 Å². The van der Waals surface area contributed by atoms with E-state index in [-0.39, 0.29) is 0 Å². The van der Waals surface area contributed by atoms with Crippen LogP contribution in [0.3, 0.4) is 0 Å². The maximum atomic E-state index is 5.50. The molecule has 1 N–H and O–H groups in total. The number of nitrogens with one attached hydrogen (secondary N) is 1. The first-order valence-electron chi connectivity index (χ1n) is 7.37. The summed E-state index contributed by atoms with van der Waals surface area (Å²) in [5, 5.41) is 3.63. The summed E-state index contributed by atoms with van der Waals surface area (Å²) < 4.78 is 10.8. The van der Waals surface area contributed by atoms with Crippen molar-refractivity contribution in [3.63, 3.8) is 0 Å². The average molecular weight is 278 g/mol. The second-order valence-corrected chi connectivity index (χ2v) is 5.64. The van der Waals surface area contributed by atoms with Gasteiger partial charge in [0.1, 0.15) is 11.5 Å². The zero-order valence-corrected chi connectivity index (χ0v) is 13.0. The molecule has 1 aromatic rings. The Morgan fingerprint density at radius 1 is 1.25 bits per heavy atom. The third-order valence-corrected chi connectivity index (χ3v) is 3.72. The van der Waals surface area contributed by atoms with Crippen LogP contribution in [0.2, 0.25) is 0 Å². The monoisotopic (exact) mass is 278 g/mol. The first-order chi connectivity index (χ1) is 9.63. The van der Waals surface area contributed by atoms with Crippen molar-refractivity contribution in [2.45, 2.75) is 38.8 Å². The zero-order chi connectivity index (χ0) is 14.5. The second kappa shape index (κ2) is 6.84. The molecule has 0 spiro atoms. The standard InChI is InChI=1S/C16H26N2O2/c1-12(2)17-13-6-5-9-18(11-13)15-10-14(19-3)7-8-16(15)20-4/h7-8,10,12-13,17H,5-6,9,11H2,1-4H3. The summed E-state index contributed by atoms with van der Waals surface area (Å²) in [5.41, 5.74) is 1.13. The van der Waals surface area contributed by atoms with Crippen LogP contribution in [-0.2, 0) is 0 Å². The highest BCUT2D eigenvalue weighted by Gasteiger charge is 2.22. The van der Waals surface area contributed by atoms with Crippen LogP contribution < -0.4 is 19.7 Å². The van der Waals surface area contributed by atoms with Crippen molar-refractivity contribution < 1.29 is 9.47 Å². The number of methoxy groups -OCH3 is 2. The lowest BCUT2D eigenvalue weighted by Crippen LogP contribution is -2.48. The molecule has 1 heterocycles. The van der Waals surface area contributed by atoms with Gasteiger partial charge in [-0.1, -0.05) is 13.8 Å². The van der Waals surface area contributed by atoms with Crippen LogP contribution in [0.4, 0.5) is 5.69 Å². The molecular weight excluding hydrogens is 252 g/mol. The first-order valence-corrected chi connectivity index (χ1v) is 7.37. The molecule has 0 saturated carbocycles. The highest BCUT2D eigenvalue weighted by Crippen LogP contribution is 2.33. The van der Waals surface area contributed by atoms with Crippen molar-refractivity contribution >= 4 is 5.69 Å². The molecule has 4 heteroatoms. The largest absolute Gasteiger partial charge is 0.497 e. The molecule has 20 heavy (non-hydrogen) atoms. The predicted octanol–water partition coefficient (Wildman–Crippen LogP) is 2.67. The third kappa shape index (κ3) is 3.57. The summed E-state index contributed by atoms with van der Waals surface area (Å²) in [6.45, 7) is 6.48. The van der Waals surface area contributed by atoms with Gasteiger partial charge in [0.15, 0.2) is 0 Å². The van der Waals surface area contributed by atoms with Crippen LogP contribution in [0, 0.1) is 0 Å². The molecule has 1 aliphatic rings. The van der Waals surface area contributed by atoms with Crippen molar-refractivity contribution in [3.05, 3.63) is 18.2 Å². The van der Waals surface area contributed by atoms with Crippen LogP contribution in [0.1, 0.15) is 26.7 Å². The van der Waals surface area contributed by atoms with Crippen LogP contribution in [-0.4, -0.2) is 39.4 Å². The van der Waals surface area contributed by atoms with Gasteiger partial charge in [0.25, 0.3) is 0 Å². The lowest BCUT2D eigenvalue weighted by molar-refractivity contribution is 0.382. The van der Waals surface area contributed by atoms with E-state index < -0.39 is 0 Å². The molecule has 112 valence electrons. The minimum absolute atomic E-state index is 0.521. The quantitative estimate of drug-likeness (QED) is 0.898. The molecule has 0 radical (unpaired) electrons. The SMILES string of the molecule is COc1ccc(OC)c(N2CCCC(NC(C)C)C2)c1. The van der Waals surface area contributed by atoms with Gasteiger partial charge in [0.05, 0.1) is 19.9 Å². The number of anilines is 1. The molecule has 1 saturated heterocycles. The Balaban J connectivity index is 2.17. The molecule has 1 fully saturated rings. The Kier molecular flexibility index (Phi) is 5.12. The van der Waals surface area contributed by atoms with Gasteiger partial charge in [-0.25, -0.2) is 0 Å². The summed E-state index contributed by atoms with van der Waals surface area (Å²) in [5.74, 6) is 1.79. The number of benzene rings is 1. The molecule has 0 aliphatic carbocycles. The molecule has 1 aliphatic heterocycles. The lowest BCUT2D eigenvalue weighted by atomic mass is 10.0. The summed E-state index contributed by atoms with van der Waals surface area (Å²) in [6.07, 6.45) is 2.44. The Hall–Kier alpha value is -1.42. The molecule has 1 unspecified atom stereocenters. The molecule has 0 aromatic heterocycles. The van der Waals surface area contributed by atoms with Crippen LogP contribution in [0.5, 0.6) is 11.5 Å². The first kappa shape index (κ1) is 15.0. The van der Waals surface area contributed by atoms with Crippen molar-refractivity contribution in [3.8, 4) is 11.5 Å². The van der Waals surface area contributed by atoms with E-state index in [1.807, 2.05) is 12.1 Å².